The maximum absolute atomic E-state index is 11.0. The molecular formula is C4H14NO12P4+. The molecule has 0 fully saturated rings. The summed E-state index contributed by atoms with van der Waals surface area (Å²) in [7, 11) is -20.5. The molecule has 0 aliphatic rings. The number of nitrogens with zero attached hydrogens (tertiary/aromatic N) is 1. The average Bonchev–Trinajstić information content (AvgIpc) is 2.07. The van der Waals surface area contributed by atoms with E-state index in [0.717, 1.165) is 0 Å². The third-order valence-corrected chi connectivity index (χ3v) is 5.88. The normalized spacial score (nSPS) is 16.9. The van der Waals surface area contributed by atoms with Crippen molar-refractivity contribution in [1.29, 1.82) is 0 Å². The highest BCUT2D eigenvalue weighted by molar-refractivity contribution is 7.74. The molecule has 0 amide bonds. The lowest BCUT2D eigenvalue weighted by Crippen LogP contribution is -2.18. The maximum atomic E-state index is 11.0. The lowest BCUT2D eigenvalue weighted by Gasteiger charge is -2.17. The smallest absolute Gasteiger partial charge is 0.324 e. The molecule has 0 rings (SSSR count). The van der Waals surface area contributed by atoms with Gasteiger partial charge in [0, 0.05) is 0 Å². The zero-order chi connectivity index (χ0) is 17.3. The highest BCUT2D eigenvalue weighted by Crippen LogP contribution is 2.54. The number of hydrogen-bond donors (Lipinski definition) is 9. The quantitative estimate of drug-likeness (QED) is 0.168. The summed E-state index contributed by atoms with van der Waals surface area (Å²) in [4.78, 5) is 81.9. The molecule has 0 aliphatic heterocycles. The van der Waals surface area contributed by atoms with Crippen LogP contribution in [-0.4, -0.2) is 67.6 Å². The Morgan fingerprint density at radius 1 is 0.952 bits per heavy atom. The van der Waals surface area contributed by atoms with E-state index >= 15 is 0 Å². The van der Waals surface area contributed by atoms with Crippen LogP contribution in [0.2, 0.25) is 0 Å². The van der Waals surface area contributed by atoms with E-state index in [-0.39, 0.29) is 0 Å². The molecule has 126 valence electrons. The van der Waals surface area contributed by atoms with Gasteiger partial charge in [-0.2, -0.15) is 14.7 Å². The Morgan fingerprint density at radius 3 is 1.62 bits per heavy atom. The van der Waals surface area contributed by atoms with Gasteiger partial charge in [-0.05, 0) is 0 Å². The molecule has 1 unspecified atom stereocenters. The van der Waals surface area contributed by atoms with E-state index in [1.165, 1.54) is 0 Å². The van der Waals surface area contributed by atoms with E-state index in [9.17, 15) is 13.7 Å². The summed E-state index contributed by atoms with van der Waals surface area (Å²) in [6.07, 6.45) is -3.04. The van der Waals surface area contributed by atoms with Crippen molar-refractivity contribution in [3.63, 3.8) is 0 Å². The Labute approximate surface area is 118 Å². The molecule has 0 saturated heterocycles. The van der Waals surface area contributed by atoms with E-state index < -0.39 is 54.3 Å². The van der Waals surface area contributed by atoms with Crippen LogP contribution in [-0.2, 0) is 13.7 Å². The molecule has 0 saturated carbocycles. The molecule has 0 aromatic carbocycles. The lowest BCUT2D eigenvalue weighted by molar-refractivity contribution is 0.334. The number of rotatable bonds is 7. The fourth-order valence-corrected chi connectivity index (χ4v) is 5.44. The van der Waals surface area contributed by atoms with Gasteiger partial charge in [-0.15, -0.1) is 0 Å². The molecule has 9 N–H and O–H groups in total. The van der Waals surface area contributed by atoms with Crippen LogP contribution in [0.15, 0.2) is 4.99 Å². The Balaban J connectivity index is 5.80. The Hall–Kier alpha value is 0.430. The van der Waals surface area contributed by atoms with Crippen molar-refractivity contribution in [3.8, 4) is 0 Å². The second kappa shape index (κ2) is 6.90. The van der Waals surface area contributed by atoms with Crippen molar-refractivity contribution in [3.05, 3.63) is 0 Å². The first-order valence-corrected chi connectivity index (χ1v) is 11.6. The van der Waals surface area contributed by atoms with Gasteiger partial charge in [0.15, 0.2) is 17.4 Å². The Bertz CT molecular complexity index is 532. The van der Waals surface area contributed by atoms with E-state index in [4.69, 9.17) is 44.0 Å². The molecular weight excluding hydrogens is 378 g/mol. The first kappa shape index (κ1) is 21.4. The molecule has 1 atom stereocenters. The molecule has 0 heterocycles. The largest absolute Gasteiger partial charge is 0.410 e. The zero-order valence-electron chi connectivity index (χ0n) is 9.98. The molecule has 21 heavy (non-hydrogen) atoms. The van der Waals surface area contributed by atoms with Gasteiger partial charge in [-0.3, -0.25) is 18.7 Å². The van der Waals surface area contributed by atoms with Crippen LogP contribution < -0.4 is 0 Å². The summed E-state index contributed by atoms with van der Waals surface area (Å²) in [5.41, 5.74) is -1.50. The summed E-state index contributed by atoms with van der Waals surface area (Å²) in [6, 6.07) is 0. The van der Waals surface area contributed by atoms with E-state index in [1.54, 1.807) is 0 Å². The SMILES string of the molecule is O=P(O)(O)CC(N=C(C[P+](O)(O)O)P(=O)(O)O)P(=O)(O)O. The van der Waals surface area contributed by atoms with E-state index in [0.29, 0.717) is 0 Å². The Morgan fingerprint density at radius 2 is 1.38 bits per heavy atom. The first-order chi connectivity index (χ1) is 8.92. The van der Waals surface area contributed by atoms with Gasteiger partial charge in [0.05, 0.1) is 6.16 Å². The molecule has 0 aromatic rings. The van der Waals surface area contributed by atoms with Crippen molar-refractivity contribution >= 4 is 36.2 Å². The summed E-state index contributed by atoms with van der Waals surface area (Å²) < 4.78 is 32.8. The van der Waals surface area contributed by atoms with Gasteiger partial charge in [-0.1, -0.05) is 0 Å². The number of aliphatic imine (C=N–C) groups is 1. The minimum absolute atomic E-state index is 1.50. The summed E-state index contributed by atoms with van der Waals surface area (Å²) in [5.74, 6) is -2.52. The lowest BCUT2D eigenvalue weighted by atomic mass is 10.7. The highest BCUT2D eigenvalue weighted by Gasteiger charge is 2.43. The van der Waals surface area contributed by atoms with Crippen molar-refractivity contribution in [2.45, 2.75) is 5.78 Å². The molecule has 0 bridgehead atoms. The summed E-state index contributed by atoms with van der Waals surface area (Å²) in [5, 5.41) is 0. The zero-order valence-corrected chi connectivity index (χ0v) is 13.6. The maximum Gasteiger partial charge on any atom is 0.410 e. The van der Waals surface area contributed by atoms with Crippen molar-refractivity contribution in [2.75, 3.05) is 12.3 Å². The molecule has 0 aromatic heterocycles. The predicted octanol–water partition coefficient (Wildman–Crippen LogP) is -2.02. The van der Waals surface area contributed by atoms with Crippen molar-refractivity contribution < 1.29 is 57.7 Å². The van der Waals surface area contributed by atoms with Crippen LogP contribution in [0.1, 0.15) is 0 Å². The average molecular weight is 392 g/mol. The molecule has 0 aliphatic carbocycles. The van der Waals surface area contributed by atoms with Crippen LogP contribution in [0, 0.1) is 0 Å². The van der Waals surface area contributed by atoms with Crippen LogP contribution in [0.4, 0.5) is 0 Å². The number of hydrogen-bond acceptors (Lipinski definition) is 7. The fourth-order valence-electron chi connectivity index (χ4n) is 1.01. The van der Waals surface area contributed by atoms with Crippen LogP contribution in [0.3, 0.4) is 0 Å². The second-order valence-electron chi connectivity index (χ2n) is 3.86. The molecule has 17 heteroatoms. The standard InChI is InChI=1S/C4H13NO12P4/c6-18(7,8)1-3(20(12,13)14)5-4(21(15,16)17)2-19(9,10)11/h3,9-11H,1-2H2,(H5-,6,7,8,12,13,14,15,16,17)/p+1. The Kier molecular flexibility index (Phi) is 7.04. The fraction of sp³-hybridized carbons (Fsp3) is 0.750. The summed E-state index contributed by atoms with van der Waals surface area (Å²) in [6.45, 7) is 0. The van der Waals surface area contributed by atoms with Gasteiger partial charge in [0.2, 0.25) is 0 Å². The van der Waals surface area contributed by atoms with Crippen LogP contribution in [0.5, 0.6) is 0 Å². The van der Waals surface area contributed by atoms with Crippen molar-refractivity contribution in [1.82, 2.24) is 0 Å². The molecule has 0 radical (unpaired) electrons. The monoisotopic (exact) mass is 392 g/mol. The third-order valence-electron chi connectivity index (χ3n) is 1.78. The van der Waals surface area contributed by atoms with Crippen LogP contribution >= 0.6 is 30.7 Å². The second-order valence-corrected chi connectivity index (χ2v) is 10.6. The highest BCUT2D eigenvalue weighted by atomic mass is 31.2. The third kappa shape index (κ3) is 9.93. The predicted molar refractivity (Wildman–Crippen MR) is 70.7 cm³/mol. The van der Waals surface area contributed by atoms with E-state index in [2.05, 4.69) is 4.99 Å². The van der Waals surface area contributed by atoms with E-state index in [1.807, 2.05) is 0 Å². The van der Waals surface area contributed by atoms with Crippen LogP contribution in [0.25, 0.3) is 0 Å². The molecule has 13 nitrogen and oxygen atoms in total. The first-order valence-electron chi connectivity index (χ1n) is 4.71. The molecule has 0 spiro atoms. The van der Waals surface area contributed by atoms with Gasteiger partial charge >= 0.3 is 30.7 Å². The minimum atomic E-state index is -5.36. The summed E-state index contributed by atoms with van der Waals surface area (Å²) >= 11 is 0. The topological polar surface area (TPSA) is 246 Å². The van der Waals surface area contributed by atoms with Gasteiger partial charge in [0.25, 0.3) is 0 Å². The van der Waals surface area contributed by atoms with Gasteiger partial charge in [-0.25, -0.2) is 0 Å². The van der Waals surface area contributed by atoms with Crippen molar-refractivity contribution in [2.24, 2.45) is 4.99 Å². The van der Waals surface area contributed by atoms with Gasteiger partial charge < -0.3 is 29.4 Å². The van der Waals surface area contributed by atoms with Gasteiger partial charge in [0.1, 0.15) is 0 Å². The minimum Gasteiger partial charge on any atom is -0.324 e.